The van der Waals surface area contributed by atoms with E-state index in [1.165, 1.54) is 0 Å². The topological polar surface area (TPSA) is 32.7 Å². The van der Waals surface area contributed by atoms with Crippen molar-refractivity contribution in [3.63, 3.8) is 0 Å². The number of hydrogen-bond acceptors (Lipinski definition) is 3. The molecule has 1 aliphatic heterocycles. The van der Waals surface area contributed by atoms with Gasteiger partial charge in [0.15, 0.2) is 5.60 Å². The second-order valence-electron chi connectivity index (χ2n) is 10.5. The van der Waals surface area contributed by atoms with E-state index >= 15 is 0 Å². The number of ether oxygens (including phenoxy) is 1. The minimum Gasteiger partial charge on any atom is -0.472 e. The number of aliphatic hydroxyl groups is 1. The van der Waals surface area contributed by atoms with Gasteiger partial charge in [-0.1, -0.05) is 78.9 Å². The lowest BCUT2D eigenvalue weighted by molar-refractivity contribution is 0.105. The van der Waals surface area contributed by atoms with Crippen molar-refractivity contribution in [2.24, 2.45) is 0 Å². The third-order valence-electron chi connectivity index (χ3n) is 8.06. The highest BCUT2D eigenvalue weighted by molar-refractivity contribution is 6.08. The van der Waals surface area contributed by atoms with Crippen molar-refractivity contribution < 1.29 is 9.84 Å². The summed E-state index contributed by atoms with van der Waals surface area (Å²) in [5.74, 6) is 0.777. The maximum absolute atomic E-state index is 12.0. The van der Waals surface area contributed by atoms with Gasteiger partial charge in [0.05, 0.1) is 0 Å². The maximum atomic E-state index is 12.0. The zero-order chi connectivity index (χ0) is 26.1. The fourth-order valence-corrected chi connectivity index (χ4v) is 6.20. The molecule has 0 amide bonds. The number of anilines is 1. The van der Waals surface area contributed by atoms with Crippen LogP contribution in [-0.2, 0) is 11.2 Å². The van der Waals surface area contributed by atoms with E-state index in [9.17, 15) is 5.11 Å². The van der Waals surface area contributed by atoms with Crippen LogP contribution >= 0.6 is 0 Å². The normalized spacial score (nSPS) is 20.7. The number of rotatable bonds is 3. The molecule has 5 aromatic carbocycles. The SMILES string of the molecule is CN(C)c1ccc(C2(c3cc#ccc3)C=Cc3c4c(c5ccccc5c3O2)-c2ccccc2C4(C)O)cc1. The Kier molecular flexibility index (Phi) is 4.76. The van der Waals surface area contributed by atoms with Crippen molar-refractivity contribution in [2.45, 2.75) is 18.1 Å². The first-order valence-electron chi connectivity index (χ1n) is 12.9. The number of hydrogen-bond donors (Lipinski definition) is 1. The molecule has 5 aromatic rings. The predicted molar refractivity (Wildman–Crippen MR) is 153 cm³/mol. The second-order valence-corrected chi connectivity index (χ2v) is 10.5. The third kappa shape index (κ3) is 3.02. The van der Waals surface area contributed by atoms with Crippen LogP contribution in [0.4, 0.5) is 5.69 Å². The molecule has 1 aliphatic carbocycles. The predicted octanol–water partition coefficient (Wildman–Crippen LogP) is 7.09. The fraction of sp³-hybridized carbons (Fsp3) is 0.143. The van der Waals surface area contributed by atoms with E-state index in [4.69, 9.17) is 4.74 Å². The summed E-state index contributed by atoms with van der Waals surface area (Å²) < 4.78 is 7.18. The summed E-state index contributed by atoms with van der Waals surface area (Å²) in [6.07, 6.45) is 4.26. The van der Waals surface area contributed by atoms with Crippen molar-refractivity contribution in [1.82, 2.24) is 0 Å². The van der Waals surface area contributed by atoms with Gasteiger partial charge in [-0.2, -0.15) is 0 Å². The van der Waals surface area contributed by atoms with Gasteiger partial charge < -0.3 is 14.7 Å². The van der Waals surface area contributed by atoms with Crippen molar-refractivity contribution in [2.75, 3.05) is 19.0 Å². The highest BCUT2D eigenvalue weighted by Crippen LogP contribution is 2.57. The molecule has 3 nitrogen and oxygen atoms in total. The molecule has 0 radical (unpaired) electrons. The molecule has 2 aliphatic rings. The van der Waals surface area contributed by atoms with Gasteiger partial charge in [0.25, 0.3) is 0 Å². The molecule has 184 valence electrons. The minimum atomic E-state index is -1.14. The van der Waals surface area contributed by atoms with Crippen LogP contribution in [0.15, 0.2) is 97.1 Å². The average Bonchev–Trinajstić information content (AvgIpc) is 3.20. The van der Waals surface area contributed by atoms with Gasteiger partial charge >= 0.3 is 0 Å². The van der Waals surface area contributed by atoms with Gasteiger partial charge in [-0.05, 0) is 65.4 Å². The summed E-state index contributed by atoms with van der Waals surface area (Å²) in [6, 6.07) is 37.0. The zero-order valence-corrected chi connectivity index (χ0v) is 21.6. The third-order valence-corrected chi connectivity index (χ3v) is 8.06. The molecule has 0 saturated heterocycles. The molecule has 1 N–H and O–H groups in total. The van der Waals surface area contributed by atoms with Crippen molar-refractivity contribution in [3.05, 3.63) is 137 Å². The summed E-state index contributed by atoms with van der Waals surface area (Å²) in [5, 5.41) is 14.1. The summed E-state index contributed by atoms with van der Waals surface area (Å²) in [5.41, 5.74) is 6.00. The smallest absolute Gasteiger partial charge is 0.178 e. The molecular formula is C35H27NO2. The minimum absolute atomic E-state index is 0.777. The lowest BCUT2D eigenvalue weighted by Crippen LogP contribution is -2.35. The highest BCUT2D eigenvalue weighted by atomic mass is 16.5. The molecule has 0 fully saturated rings. The van der Waals surface area contributed by atoms with Crippen LogP contribution in [-0.4, -0.2) is 19.2 Å². The Morgan fingerprint density at radius 1 is 0.816 bits per heavy atom. The van der Waals surface area contributed by atoms with Gasteiger partial charge in [0, 0.05) is 47.4 Å². The van der Waals surface area contributed by atoms with Crippen LogP contribution in [0.25, 0.3) is 28.0 Å². The van der Waals surface area contributed by atoms with E-state index in [2.05, 4.69) is 83.8 Å². The lowest BCUT2D eigenvalue weighted by Gasteiger charge is -2.38. The molecule has 3 heteroatoms. The lowest BCUT2D eigenvalue weighted by atomic mass is 9.80. The fourth-order valence-electron chi connectivity index (χ4n) is 6.20. The number of benzene rings is 4. The Morgan fingerprint density at radius 3 is 2.29 bits per heavy atom. The Labute approximate surface area is 223 Å². The first kappa shape index (κ1) is 22.7. The molecule has 0 aromatic heterocycles. The Hall–Kier alpha value is -4.52. The zero-order valence-electron chi connectivity index (χ0n) is 21.6. The van der Waals surface area contributed by atoms with Crippen LogP contribution in [0.1, 0.15) is 34.7 Å². The Balaban J connectivity index is 1.53. The quantitative estimate of drug-likeness (QED) is 0.291. The first-order valence-corrected chi connectivity index (χ1v) is 12.9. The van der Waals surface area contributed by atoms with E-state index in [0.717, 1.165) is 61.2 Å². The van der Waals surface area contributed by atoms with E-state index in [1.54, 1.807) is 0 Å². The number of nitrogens with zero attached hydrogens (tertiary/aromatic N) is 1. The van der Waals surface area contributed by atoms with Crippen molar-refractivity contribution in [3.8, 4) is 16.9 Å². The van der Waals surface area contributed by atoms with Crippen LogP contribution in [0, 0.1) is 12.1 Å². The number of fused-ring (bicyclic) bond motifs is 8. The van der Waals surface area contributed by atoms with Gasteiger partial charge in [-0.25, -0.2) is 0 Å². The monoisotopic (exact) mass is 493 g/mol. The van der Waals surface area contributed by atoms with E-state index in [1.807, 2.05) is 57.4 Å². The Morgan fingerprint density at radius 2 is 1.55 bits per heavy atom. The summed E-state index contributed by atoms with van der Waals surface area (Å²) >= 11 is 0. The van der Waals surface area contributed by atoms with Gasteiger partial charge in [0.1, 0.15) is 11.4 Å². The van der Waals surface area contributed by atoms with Gasteiger partial charge in [-0.15, -0.1) is 0 Å². The molecule has 2 unspecified atom stereocenters. The molecule has 0 saturated carbocycles. The van der Waals surface area contributed by atoms with Gasteiger partial charge in [-0.3, -0.25) is 0 Å². The molecule has 38 heavy (non-hydrogen) atoms. The van der Waals surface area contributed by atoms with Crippen LogP contribution in [0.2, 0.25) is 0 Å². The molecule has 0 spiro atoms. The van der Waals surface area contributed by atoms with Crippen molar-refractivity contribution in [1.29, 1.82) is 0 Å². The molecule has 7 rings (SSSR count). The molecule has 2 atom stereocenters. The van der Waals surface area contributed by atoms with Gasteiger partial charge in [0.2, 0.25) is 0 Å². The van der Waals surface area contributed by atoms with E-state index in [0.29, 0.717) is 0 Å². The van der Waals surface area contributed by atoms with Crippen molar-refractivity contribution >= 4 is 22.5 Å². The highest BCUT2D eigenvalue weighted by Gasteiger charge is 2.45. The van der Waals surface area contributed by atoms with Crippen LogP contribution < -0.4 is 9.64 Å². The summed E-state index contributed by atoms with van der Waals surface area (Å²) in [6.45, 7) is 1.89. The average molecular weight is 494 g/mol. The van der Waals surface area contributed by atoms with E-state index in [-0.39, 0.29) is 0 Å². The second kappa shape index (κ2) is 7.99. The maximum Gasteiger partial charge on any atom is 0.178 e. The Bertz CT molecular complexity index is 1730. The largest absolute Gasteiger partial charge is 0.472 e. The standard InChI is InChI=1S/C35H27NO2/c1-34(37)30-16-10-9-15-28(30)31-26-13-7-8-14-27(26)33-29(32(31)34)21-22-35(38-33,23-11-5-4-6-12-23)24-17-19-25(20-18-24)36(2)3/h5,7-22,37H,1-3H3. The van der Waals surface area contributed by atoms with Crippen LogP contribution in [0.3, 0.4) is 0 Å². The summed E-state index contributed by atoms with van der Waals surface area (Å²) in [4.78, 5) is 2.09. The molecule has 0 bridgehead atoms. The molecular weight excluding hydrogens is 466 g/mol. The van der Waals surface area contributed by atoms with Crippen LogP contribution in [0.5, 0.6) is 5.75 Å². The first-order chi connectivity index (χ1) is 18.4. The molecule has 1 heterocycles. The van der Waals surface area contributed by atoms with E-state index < -0.39 is 11.2 Å². The summed E-state index contributed by atoms with van der Waals surface area (Å²) in [7, 11) is 4.08.